The maximum Gasteiger partial charge on any atom is 2.00 e. The van der Waals surface area contributed by atoms with Gasteiger partial charge in [0.2, 0.25) is 0 Å². The zero-order valence-corrected chi connectivity index (χ0v) is 9.55. The van der Waals surface area contributed by atoms with Gasteiger partial charge in [0.1, 0.15) is 0 Å². The topological polar surface area (TPSA) is 77.8 Å². The smallest absolute Gasteiger partial charge is 1.00 e. The molecule has 5 heteroatoms. The fraction of sp³-hybridized carbons (Fsp3) is 0. The van der Waals surface area contributed by atoms with E-state index >= 15 is 0 Å². The molecule has 72 valence electrons. The molecule has 4 nitrogen and oxygen atoms in total. The molecule has 0 spiro atoms. The number of hydrogen-bond acceptors (Lipinski definition) is 3. The predicted molar refractivity (Wildman–Crippen MR) is 54.4 cm³/mol. The number of hydrogen-bond donors (Lipinski definition) is 3. The Bertz CT molecular complexity index is 369. The first-order valence-corrected chi connectivity index (χ1v) is 3.52. The minimum atomic E-state index is -1.06. The third-order valence-electron chi connectivity index (χ3n) is 1.42. The summed E-state index contributed by atoms with van der Waals surface area (Å²) in [5.41, 5.74) is 0.512. The Kier molecular flexibility index (Phi) is 5.60. The van der Waals surface area contributed by atoms with Gasteiger partial charge >= 0.3 is 43.7 Å². The van der Waals surface area contributed by atoms with Crippen LogP contribution in [0.2, 0.25) is 0 Å². The summed E-state index contributed by atoms with van der Waals surface area (Å²) in [6, 6.07) is 4.06. The van der Waals surface area contributed by atoms with E-state index in [2.05, 4.69) is 0 Å². The second-order valence-electron chi connectivity index (χ2n) is 2.42. The predicted octanol–water partition coefficient (Wildman–Crippen LogP) is 1.04. The van der Waals surface area contributed by atoms with Crippen molar-refractivity contribution in [1.82, 2.24) is 0 Å². The van der Waals surface area contributed by atoms with Gasteiger partial charge in [-0.15, -0.1) is 0 Å². The van der Waals surface area contributed by atoms with Crippen molar-refractivity contribution in [2.75, 3.05) is 0 Å². The molecule has 0 aliphatic carbocycles. The van der Waals surface area contributed by atoms with Gasteiger partial charge in [0.25, 0.3) is 0 Å². The molecule has 0 heterocycles. The summed E-state index contributed by atoms with van der Waals surface area (Å²) in [5, 5.41) is 26.3. The van der Waals surface area contributed by atoms with Crippen molar-refractivity contribution < 1.29 is 23.0 Å². The number of phenolic OH excluding ortho intramolecular Hbond substituents is 2. The quantitative estimate of drug-likeness (QED) is 0.397. The number of carboxylic acid groups (broad SMARTS) is 1. The van der Waals surface area contributed by atoms with E-state index in [4.69, 9.17) is 15.3 Å². The Hall–Kier alpha value is -0.710. The van der Waals surface area contributed by atoms with Gasteiger partial charge in [0.05, 0.1) is 0 Å². The molecule has 1 aromatic carbocycles. The Morgan fingerprint density at radius 3 is 2.43 bits per heavy atom. The molecule has 0 saturated carbocycles. The number of benzene rings is 1. The molecule has 0 atom stereocenters. The number of rotatable bonds is 2. The van der Waals surface area contributed by atoms with Gasteiger partial charge in [-0.05, 0) is 23.8 Å². The van der Waals surface area contributed by atoms with Crippen LogP contribution in [0.5, 0.6) is 11.5 Å². The standard InChI is InChI=1S/C9H8O4.Ca.2H/c10-7-3-1-6(5-8(7)11)2-4-9(12)13;;;/h1-5,10-11H,(H,12,13);;;/q;+2;2*-1. The molecular weight excluding hydrogens is 212 g/mol. The third kappa shape index (κ3) is 4.00. The normalized spacial score (nSPS) is 9.71. The zero-order valence-electron chi connectivity index (χ0n) is 9.34. The maximum atomic E-state index is 10.1. The third-order valence-corrected chi connectivity index (χ3v) is 1.42. The zero-order chi connectivity index (χ0) is 9.84. The number of carboxylic acids is 1. The van der Waals surface area contributed by atoms with Crippen LogP contribution in [0.25, 0.3) is 6.08 Å². The van der Waals surface area contributed by atoms with Crippen molar-refractivity contribution in [3.8, 4) is 11.5 Å². The van der Waals surface area contributed by atoms with Crippen molar-refractivity contribution in [2.45, 2.75) is 0 Å². The summed E-state index contributed by atoms with van der Waals surface area (Å²) in [7, 11) is 0. The molecular formula is C9H10CaO4. The van der Waals surface area contributed by atoms with E-state index in [9.17, 15) is 4.79 Å². The van der Waals surface area contributed by atoms with Crippen LogP contribution < -0.4 is 0 Å². The second kappa shape index (κ2) is 5.90. The van der Waals surface area contributed by atoms with E-state index in [1.54, 1.807) is 0 Å². The van der Waals surface area contributed by atoms with Crippen molar-refractivity contribution in [3.63, 3.8) is 0 Å². The van der Waals surface area contributed by atoms with Crippen LogP contribution in [0.1, 0.15) is 8.42 Å². The summed E-state index contributed by atoms with van der Waals surface area (Å²) in [6.45, 7) is 0. The summed E-state index contributed by atoms with van der Waals surface area (Å²) in [4.78, 5) is 10.1. The van der Waals surface area contributed by atoms with Crippen LogP contribution in [-0.4, -0.2) is 59.0 Å². The Morgan fingerprint density at radius 2 is 1.93 bits per heavy atom. The van der Waals surface area contributed by atoms with Crippen LogP contribution in [0.15, 0.2) is 24.3 Å². The summed E-state index contributed by atoms with van der Waals surface area (Å²) in [5.74, 6) is -1.56. The Labute approximate surface area is 113 Å². The number of aromatic hydroxyl groups is 2. The first-order valence-electron chi connectivity index (χ1n) is 3.52. The van der Waals surface area contributed by atoms with Crippen LogP contribution in [0.3, 0.4) is 0 Å². The molecule has 0 radical (unpaired) electrons. The average Bonchev–Trinajstić information content (AvgIpc) is 2.07. The van der Waals surface area contributed by atoms with Gasteiger partial charge in [0, 0.05) is 6.08 Å². The first-order chi connectivity index (χ1) is 6.09. The molecule has 14 heavy (non-hydrogen) atoms. The molecule has 0 aromatic heterocycles. The molecule has 0 aliphatic rings. The molecule has 3 N–H and O–H groups in total. The fourth-order valence-electron chi connectivity index (χ4n) is 0.812. The molecule has 1 aromatic rings. The summed E-state index contributed by atoms with van der Waals surface area (Å²) >= 11 is 0. The molecule has 0 unspecified atom stereocenters. The van der Waals surface area contributed by atoms with Gasteiger partial charge in [0.15, 0.2) is 11.5 Å². The van der Waals surface area contributed by atoms with Crippen molar-refractivity contribution >= 4 is 49.8 Å². The van der Waals surface area contributed by atoms with Gasteiger partial charge in [-0.25, -0.2) is 4.79 Å². The Balaban J connectivity index is -0.000000563. The van der Waals surface area contributed by atoms with Gasteiger partial charge in [-0.1, -0.05) is 6.07 Å². The largest absolute Gasteiger partial charge is 2.00 e. The Morgan fingerprint density at radius 1 is 1.29 bits per heavy atom. The van der Waals surface area contributed by atoms with Crippen molar-refractivity contribution in [2.24, 2.45) is 0 Å². The first kappa shape index (κ1) is 13.3. The molecule has 0 bridgehead atoms. The fourth-order valence-corrected chi connectivity index (χ4v) is 0.812. The van der Waals surface area contributed by atoms with Gasteiger partial charge in [-0.3, -0.25) is 0 Å². The monoisotopic (exact) mass is 222 g/mol. The van der Waals surface area contributed by atoms with Crippen LogP contribution in [-0.2, 0) is 4.79 Å². The molecule has 0 aliphatic heterocycles. The number of aliphatic carboxylic acids is 1. The number of phenols is 2. The van der Waals surface area contributed by atoms with Gasteiger partial charge in [-0.2, -0.15) is 0 Å². The minimum absolute atomic E-state index is 0. The molecule has 0 saturated heterocycles. The minimum Gasteiger partial charge on any atom is -1.00 e. The van der Waals surface area contributed by atoms with E-state index in [1.165, 1.54) is 24.3 Å². The van der Waals surface area contributed by atoms with Crippen LogP contribution >= 0.6 is 0 Å². The average molecular weight is 222 g/mol. The number of carbonyl (C=O) groups is 1. The summed E-state index contributed by atoms with van der Waals surface area (Å²) in [6.07, 6.45) is 2.27. The molecule has 0 fully saturated rings. The SMILES string of the molecule is O=C(O)C=Cc1ccc(O)c(O)c1.[Ca+2].[H-].[H-]. The maximum absolute atomic E-state index is 10.1. The molecule has 1 rings (SSSR count). The van der Waals surface area contributed by atoms with Gasteiger partial charge < -0.3 is 18.2 Å². The van der Waals surface area contributed by atoms with Crippen LogP contribution in [0.4, 0.5) is 0 Å². The van der Waals surface area contributed by atoms with E-state index in [-0.39, 0.29) is 52.1 Å². The van der Waals surface area contributed by atoms with Crippen molar-refractivity contribution in [1.29, 1.82) is 0 Å². The van der Waals surface area contributed by atoms with E-state index < -0.39 is 5.97 Å². The van der Waals surface area contributed by atoms with Crippen molar-refractivity contribution in [3.05, 3.63) is 29.8 Å². The van der Waals surface area contributed by atoms with E-state index in [1.807, 2.05) is 0 Å². The summed E-state index contributed by atoms with van der Waals surface area (Å²) < 4.78 is 0. The van der Waals surface area contributed by atoms with E-state index in [0.717, 1.165) is 6.08 Å². The second-order valence-corrected chi connectivity index (χ2v) is 2.42. The molecule has 0 amide bonds. The van der Waals surface area contributed by atoms with Crippen LogP contribution in [0, 0.1) is 0 Å². The van der Waals surface area contributed by atoms with E-state index in [0.29, 0.717) is 5.56 Å².